The van der Waals surface area contributed by atoms with Crippen LogP contribution in [0.15, 0.2) is 53.3 Å². The van der Waals surface area contributed by atoms with Gasteiger partial charge in [0.15, 0.2) is 0 Å². The van der Waals surface area contributed by atoms with Crippen LogP contribution in [0, 0.1) is 5.41 Å². The van der Waals surface area contributed by atoms with Gasteiger partial charge in [0.25, 0.3) is 5.56 Å². The van der Waals surface area contributed by atoms with Gasteiger partial charge in [0, 0.05) is 17.4 Å². The summed E-state index contributed by atoms with van der Waals surface area (Å²) in [7, 11) is 0. The summed E-state index contributed by atoms with van der Waals surface area (Å²) in [6.45, 7) is 8.32. The van der Waals surface area contributed by atoms with Gasteiger partial charge in [0.2, 0.25) is 5.91 Å². The Labute approximate surface area is 205 Å². The fourth-order valence-electron chi connectivity index (χ4n) is 3.86. The maximum atomic E-state index is 13.6. The van der Waals surface area contributed by atoms with Gasteiger partial charge in [0.05, 0.1) is 28.0 Å². The van der Waals surface area contributed by atoms with Crippen molar-refractivity contribution < 1.29 is 4.79 Å². The maximum Gasteiger partial charge on any atom is 0.266 e. The van der Waals surface area contributed by atoms with Gasteiger partial charge in [-0.15, -0.1) is 11.6 Å². The number of amides is 1. The number of rotatable bonds is 9. The normalized spacial score (nSPS) is 12.7. The molecule has 2 aromatic carbocycles. The van der Waals surface area contributed by atoms with Gasteiger partial charge in [-0.2, -0.15) is 0 Å². The maximum absolute atomic E-state index is 13.6. The molecule has 1 atom stereocenters. The second-order valence-corrected chi connectivity index (χ2v) is 9.71. The first-order valence-corrected chi connectivity index (χ1v) is 12.3. The lowest BCUT2D eigenvalue weighted by atomic mass is 9.93. The number of nitrogens with zero attached hydrogens (tertiary/aromatic N) is 3. The molecule has 0 radical (unpaired) electrons. The van der Waals surface area contributed by atoms with Gasteiger partial charge in [-0.1, -0.05) is 43.5 Å². The number of fused-ring (bicyclic) bond motifs is 1. The van der Waals surface area contributed by atoms with Crippen molar-refractivity contribution in [1.29, 1.82) is 0 Å². The molecule has 0 fully saturated rings. The SMILES string of the molecule is CCCCCN(C(=O)C(C)(C)CCl)C(C)c1nc2ccccc2c(=O)n1-c1ccc(Cl)cc1. The summed E-state index contributed by atoms with van der Waals surface area (Å²) in [6.07, 6.45) is 2.91. The van der Waals surface area contributed by atoms with Crippen molar-refractivity contribution >= 4 is 40.0 Å². The molecule has 5 nitrogen and oxygen atoms in total. The van der Waals surface area contributed by atoms with Crippen LogP contribution < -0.4 is 5.56 Å². The zero-order valence-corrected chi connectivity index (χ0v) is 21.2. The monoisotopic (exact) mass is 487 g/mol. The third-order valence-electron chi connectivity index (χ3n) is 5.90. The molecule has 1 aromatic heterocycles. The van der Waals surface area contributed by atoms with Crippen LogP contribution in [-0.2, 0) is 4.79 Å². The molecule has 1 amide bonds. The number of carbonyl (C=O) groups excluding carboxylic acids is 1. The quantitative estimate of drug-likeness (QED) is 0.259. The molecule has 1 unspecified atom stereocenters. The highest BCUT2D eigenvalue weighted by Crippen LogP contribution is 2.29. The number of hydrogen-bond donors (Lipinski definition) is 0. The Morgan fingerprint density at radius 1 is 1.12 bits per heavy atom. The van der Waals surface area contributed by atoms with Crippen molar-refractivity contribution in [3.05, 3.63) is 69.7 Å². The number of halogens is 2. The molecule has 0 aliphatic heterocycles. The average Bonchev–Trinajstić information content (AvgIpc) is 2.82. The van der Waals surface area contributed by atoms with E-state index in [1.165, 1.54) is 0 Å². The number of para-hydroxylation sites is 1. The first-order chi connectivity index (χ1) is 15.7. The first kappa shape index (κ1) is 25.3. The fraction of sp³-hybridized carbons (Fsp3) is 0.423. The largest absolute Gasteiger partial charge is 0.332 e. The molecular weight excluding hydrogens is 457 g/mol. The van der Waals surface area contributed by atoms with E-state index in [-0.39, 0.29) is 17.3 Å². The van der Waals surface area contributed by atoms with E-state index < -0.39 is 11.5 Å². The van der Waals surface area contributed by atoms with E-state index in [4.69, 9.17) is 28.2 Å². The summed E-state index contributed by atoms with van der Waals surface area (Å²) < 4.78 is 1.59. The van der Waals surface area contributed by atoms with E-state index in [1.54, 1.807) is 34.9 Å². The molecule has 0 saturated carbocycles. The van der Waals surface area contributed by atoms with E-state index in [0.29, 0.717) is 34.0 Å². The Balaban J connectivity index is 2.21. The third kappa shape index (κ3) is 5.42. The summed E-state index contributed by atoms with van der Waals surface area (Å²) in [5.41, 5.74) is 0.348. The number of unbranched alkanes of at least 4 members (excludes halogenated alkanes) is 2. The van der Waals surface area contributed by atoms with Crippen molar-refractivity contribution in [2.24, 2.45) is 5.41 Å². The van der Waals surface area contributed by atoms with Gasteiger partial charge in [-0.3, -0.25) is 14.2 Å². The average molecular weight is 488 g/mol. The Hall–Kier alpha value is -2.37. The van der Waals surface area contributed by atoms with Gasteiger partial charge in [-0.05, 0) is 63.6 Å². The van der Waals surface area contributed by atoms with Crippen molar-refractivity contribution in [2.75, 3.05) is 12.4 Å². The molecule has 0 saturated heterocycles. The third-order valence-corrected chi connectivity index (χ3v) is 6.82. The van der Waals surface area contributed by atoms with Gasteiger partial charge in [-0.25, -0.2) is 4.98 Å². The van der Waals surface area contributed by atoms with Crippen molar-refractivity contribution in [1.82, 2.24) is 14.5 Å². The van der Waals surface area contributed by atoms with Crippen molar-refractivity contribution in [3.8, 4) is 5.69 Å². The minimum absolute atomic E-state index is 0.0498. The molecule has 0 aliphatic rings. The van der Waals surface area contributed by atoms with E-state index in [0.717, 1.165) is 19.3 Å². The Bertz CT molecular complexity index is 1170. The topological polar surface area (TPSA) is 55.2 Å². The zero-order chi connectivity index (χ0) is 24.2. The van der Waals surface area contributed by atoms with Gasteiger partial charge >= 0.3 is 0 Å². The molecular formula is C26H31Cl2N3O2. The minimum atomic E-state index is -0.732. The molecule has 7 heteroatoms. The highest BCUT2D eigenvalue weighted by Gasteiger charge is 2.35. The molecule has 0 bridgehead atoms. The standard InChI is InChI=1S/C26H31Cl2N3O2/c1-5-6-9-16-30(25(33)26(3,4)17-27)18(2)23-29-22-11-8-7-10-21(22)24(32)31(23)20-14-12-19(28)13-15-20/h7-8,10-15,18H,5-6,9,16-17H2,1-4H3. The molecule has 33 heavy (non-hydrogen) atoms. The van der Waals surface area contributed by atoms with E-state index >= 15 is 0 Å². The number of aromatic nitrogens is 2. The minimum Gasteiger partial charge on any atom is -0.332 e. The van der Waals surface area contributed by atoms with Crippen LogP contribution in [0.5, 0.6) is 0 Å². The van der Waals surface area contributed by atoms with E-state index in [1.807, 2.05) is 43.9 Å². The zero-order valence-electron chi connectivity index (χ0n) is 19.6. The summed E-state index contributed by atoms with van der Waals surface area (Å²) >= 11 is 12.3. The Morgan fingerprint density at radius 2 is 1.79 bits per heavy atom. The van der Waals surface area contributed by atoms with Crippen LogP contribution in [0.3, 0.4) is 0 Å². The number of hydrogen-bond acceptors (Lipinski definition) is 3. The van der Waals surface area contributed by atoms with Crippen molar-refractivity contribution in [2.45, 2.75) is 53.0 Å². The summed E-state index contributed by atoms with van der Waals surface area (Å²) in [5, 5.41) is 1.10. The van der Waals surface area contributed by atoms with Crippen molar-refractivity contribution in [3.63, 3.8) is 0 Å². The lowest BCUT2D eigenvalue weighted by Crippen LogP contribution is -2.45. The number of carbonyl (C=O) groups is 1. The Morgan fingerprint density at radius 3 is 2.42 bits per heavy atom. The lowest BCUT2D eigenvalue weighted by molar-refractivity contribution is -0.141. The van der Waals surface area contributed by atoms with Gasteiger partial charge in [0.1, 0.15) is 5.82 Å². The number of benzene rings is 2. The summed E-state index contributed by atoms with van der Waals surface area (Å²) in [5.74, 6) is 0.667. The smallest absolute Gasteiger partial charge is 0.266 e. The summed E-state index contributed by atoms with van der Waals surface area (Å²) in [6, 6.07) is 13.9. The molecule has 1 heterocycles. The Kier molecular flexibility index (Phi) is 8.19. The van der Waals surface area contributed by atoms with Crippen LogP contribution in [-0.4, -0.2) is 32.8 Å². The molecule has 0 spiro atoms. The second-order valence-electron chi connectivity index (χ2n) is 9.00. The lowest BCUT2D eigenvalue weighted by Gasteiger charge is -2.35. The second kappa shape index (κ2) is 10.7. The highest BCUT2D eigenvalue weighted by atomic mass is 35.5. The van der Waals surface area contributed by atoms with Crippen LogP contribution in [0.2, 0.25) is 5.02 Å². The van der Waals surface area contributed by atoms with E-state index in [9.17, 15) is 9.59 Å². The fourth-order valence-corrected chi connectivity index (χ4v) is 4.10. The van der Waals surface area contributed by atoms with Gasteiger partial charge < -0.3 is 4.90 Å². The predicted molar refractivity (Wildman–Crippen MR) is 137 cm³/mol. The van der Waals surface area contributed by atoms with Crippen LogP contribution >= 0.6 is 23.2 Å². The highest BCUT2D eigenvalue weighted by molar-refractivity contribution is 6.30. The molecule has 0 N–H and O–H groups in total. The summed E-state index contributed by atoms with van der Waals surface area (Å²) in [4.78, 5) is 33.9. The van der Waals surface area contributed by atoms with E-state index in [2.05, 4.69) is 6.92 Å². The first-order valence-electron chi connectivity index (χ1n) is 11.4. The van der Waals surface area contributed by atoms with Crippen LogP contribution in [0.25, 0.3) is 16.6 Å². The predicted octanol–water partition coefficient (Wildman–Crippen LogP) is 6.38. The van der Waals surface area contributed by atoms with Crippen LogP contribution in [0.4, 0.5) is 0 Å². The molecule has 0 aliphatic carbocycles. The molecule has 3 aromatic rings. The molecule has 176 valence electrons. The van der Waals surface area contributed by atoms with Crippen LogP contribution in [0.1, 0.15) is 58.8 Å². The number of alkyl halides is 1. The molecule has 3 rings (SSSR count).